The summed E-state index contributed by atoms with van der Waals surface area (Å²) in [4.78, 5) is 22.2. The van der Waals surface area contributed by atoms with Crippen LogP contribution in [0.5, 0.6) is 5.75 Å². The van der Waals surface area contributed by atoms with E-state index in [0.717, 1.165) is 0 Å². The minimum absolute atomic E-state index is 0.119. The summed E-state index contributed by atoms with van der Waals surface area (Å²) in [7, 11) is 1.53. The predicted molar refractivity (Wildman–Crippen MR) is 109 cm³/mol. The van der Waals surface area contributed by atoms with Crippen molar-refractivity contribution in [2.24, 2.45) is 0 Å². The fraction of sp³-hybridized carbons (Fsp3) is 0.190. The molecule has 0 aliphatic carbocycles. The first kappa shape index (κ1) is 18.7. The molecule has 0 radical (unpaired) electrons. The van der Waals surface area contributed by atoms with Gasteiger partial charge in [-0.2, -0.15) is 0 Å². The standard InChI is InChI=1S/C21H20N4O4/c1-12(11-28-2)29-21(27)17-18-20(24-16-6-4-3-5-15(16)23-18)25(19(17)22)13-7-9-14(26)10-8-13/h3-10,12,26H,11,22H2,1-2H3/t12-/m0/s1. The minimum atomic E-state index is -0.598. The van der Waals surface area contributed by atoms with E-state index in [2.05, 4.69) is 9.97 Å². The number of hydrogen-bond acceptors (Lipinski definition) is 7. The van der Waals surface area contributed by atoms with E-state index in [9.17, 15) is 9.90 Å². The van der Waals surface area contributed by atoms with Crippen LogP contribution in [-0.4, -0.2) is 45.4 Å². The van der Waals surface area contributed by atoms with E-state index < -0.39 is 12.1 Å². The maximum absolute atomic E-state index is 12.9. The normalized spacial score (nSPS) is 12.3. The number of phenols is 1. The highest BCUT2D eigenvalue weighted by atomic mass is 16.6. The van der Waals surface area contributed by atoms with E-state index in [1.165, 1.54) is 19.2 Å². The van der Waals surface area contributed by atoms with Gasteiger partial charge in [0.1, 0.15) is 28.8 Å². The van der Waals surface area contributed by atoms with Crippen LogP contribution in [0.3, 0.4) is 0 Å². The summed E-state index contributed by atoms with van der Waals surface area (Å²) in [6.45, 7) is 1.99. The van der Waals surface area contributed by atoms with Crippen LogP contribution >= 0.6 is 0 Å². The molecule has 0 saturated carbocycles. The highest BCUT2D eigenvalue weighted by Gasteiger charge is 2.27. The SMILES string of the molecule is COC[C@H](C)OC(=O)c1c(N)n(-c2ccc(O)cc2)c2nc3ccccc3nc12. The van der Waals surface area contributed by atoms with Crippen molar-refractivity contribution >= 4 is 34.0 Å². The van der Waals surface area contributed by atoms with E-state index in [-0.39, 0.29) is 23.7 Å². The summed E-state index contributed by atoms with van der Waals surface area (Å²) in [5.74, 6) is -0.317. The third-order valence-electron chi connectivity index (χ3n) is 4.52. The summed E-state index contributed by atoms with van der Waals surface area (Å²) >= 11 is 0. The van der Waals surface area contributed by atoms with Crippen LogP contribution < -0.4 is 5.73 Å². The van der Waals surface area contributed by atoms with Crippen molar-refractivity contribution in [2.75, 3.05) is 19.5 Å². The van der Waals surface area contributed by atoms with Crippen molar-refractivity contribution in [3.63, 3.8) is 0 Å². The fourth-order valence-electron chi connectivity index (χ4n) is 3.24. The Morgan fingerprint density at radius 2 is 1.79 bits per heavy atom. The molecule has 4 rings (SSSR count). The van der Waals surface area contributed by atoms with Gasteiger partial charge >= 0.3 is 5.97 Å². The Bertz CT molecular complexity index is 1200. The lowest BCUT2D eigenvalue weighted by Crippen LogP contribution is -2.20. The van der Waals surface area contributed by atoms with Gasteiger partial charge in [-0.3, -0.25) is 4.57 Å². The monoisotopic (exact) mass is 392 g/mol. The van der Waals surface area contributed by atoms with Crippen LogP contribution in [0.4, 0.5) is 5.82 Å². The Morgan fingerprint density at radius 3 is 2.45 bits per heavy atom. The number of hydrogen-bond donors (Lipinski definition) is 2. The van der Waals surface area contributed by atoms with Crippen molar-refractivity contribution in [2.45, 2.75) is 13.0 Å². The van der Waals surface area contributed by atoms with Crippen LogP contribution in [0.1, 0.15) is 17.3 Å². The van der Waals surface area contributed by atoms with Gasteiger partial charge in [0.05, 0.1) is 17.6 Å². The number of benzene rings is 2. The number of methoxy groups -OCH3 is 1. The molecule has 0 aliphatic rings. The lowest BCUT2D eigenvalue weighted by molar-refractivity contribution is 0.0123. The number of carbonyl (C=O) groups is 1. The number of esters is 1. The Labute approximate surface area is 166 Å². The third-order valence-corrected chi connectivity index (χ3v) is 4.52. The Kier molecular flexibility index (Phi) is 4.77. The number of carbonyl (C=O) groups excluding carboxylic acids is 1. The Morgan fingerprint density at radius 1 is 1.14 bits per heavy atom. The van der Waals surface area contributed by atoms with Crippen molar-refractivity contribution in [3.8, 4) is 11.4 Å². The number of para-hydroxylation sites is 2. The predicted octanol–water partition coefficient (Wildman–Crippen LogP) is 3.05. The highest BCUT2D eigenvalue weighted by Crippen LogP contribution is 2.32. The van der Waals surface area contributed by atoms with E-state index in [0.29, 0.717) is 27.9 Å². The molecule has 0 aliphatic heterocycles. The maximum Gasteiger partial charge on any atom is 0.344 e. The van der Waals surface area contributed by atoms with E-state index >= 15 is 0 Å². The molecule has 0 fully saturated rings. The molecule has 148 valence electrons. The topological polar surface area (TPSA) is 112 Å². The van der Waals surface area contributed by atoms with Gasteiger partial charge in [-0.1, -0.05) is 12.1 Å². The summed E-state index contributed by atoms with van der Waals surface area (Å²) in [6.07, 6.45) is -0.451. The molecule has 2 aromatic carbocycles. The molecule has 0 unspecified atom stereocenters. The minimum Gasteiger partial charge on any atom is -0.508 e. The smallest absolute Gasteiger partial charge is 0.344 e. The van der Waals surface area contributed by atoms with Crippen LogP contribution in [0.25, 0.3) is 27.9 Å². The number of aromatic hydroxyl groups is 1. The number of fused-ring (bicyclic) bond motifs is 2. The molecule has 0 saturated heterocycles. The van der Waals surface area contributed by atoms with Gasteiger partial charge in [0.25, 0.3) is 0 Å². The quantitative estimate of drug-likeness (QED) is 0.502. The second-order valence-corrected chi connectivity index (χ2v) is 6.67. The average Bonchev–Trinajstić information content (AvgIpc) is 2.98. The second-order valence-electron chi connectivity index (χ2n) is 6.67. The zero-order chi connectivity index (χ0) is 20.5. The molecule has 2 aromatic heterocycles. The number of aromatic nitrogens is 3. The number of rotatable bonds is 5. The summed E-state index contributed by atoms with van der Waals surface area (Å²) in [5, 5.41) is 9.62. The molecule has 0 bridgehead atoms. The number of ether oxygens (including phenoxy) is 2. The van der Waals surface area contributed by atoms with Gasteiger partial charge < -0.3 is 20.3 Å². The van der Waals surface area contributed by atoms with E-state index in [4.69, 9.17) is 15.2 Å². The van der Waals surface area contributed by atoms with Crippen LogP contribution in [0.15, 0.2) is 48.5 Å². The van der Waals surface area contributed by atoms with E-state index in [1.54, 1.807) is 23.6 Å². The first-order valence-corrected chi connectivity index (χ1v) is 9.05. The van der Waals surface area contributed by atoms with Gasteiger partial charge in [-0.15, -0.1) is 0 Å². The summed E-state index contributed by atoms with van der Waals surface area (Å²) < 4.78 is 12.1. The largest absolute Gasteiger partial charge is 0.508 e. The Hall–Kier alpha value is -3.65. The molecule has 8 heteroatoms. The molecule has 3 N–H and O–H groups in total. The summed E-state index contributed by atoms with van der Waals surface area (Å²) in [6, 6.07) is 13.8. The van der Waals surface area contributed by atoms with Crippen molar-refractivity contribution in [3.05, 3.63) is 54.1 Å². The molecule has 4 aromatic rings. The van der Waals surface area contributed by atoms with Gasteiger partial charge in [0.15, 0.2) is 5.65 Å². The van der Waals surface area contributed by atoms with Gasteiger partial charge in [-0.05, 0) is 43.3 Å². The van der Waals surface area contributed by atoms with Crippen molar-refractivity contribution < 1.29 is 19.4 Å². The second kappa shape index (κ2) is 7.40. The molecule has 0 spiro atoms. The number of anilines is 1. The molecule has 2 heterocycles. The number of phenolic OH excluding ortho intramolecular Hbond substituents is 1. The number of nitrogens with zero attached hydrogens (tertiary/aromatic N) is 3. The average molecular weight is 392 g/mol. The Balaban J connectivity index is 1.96. The maximum atomic E-state index is 12.9. The molecular weight excluding hydrogens is 372 g/mol. The van der Waals surface area contributed by atoms with Crippen LogP contribution in [-0.2, 0) is 9.47 Å². The molecule has 1 atom stereocenters. The van der Waals surface area contributed by atoms with Crippen molar-refractivity contribution in [1.82, 2.24) is 14.5 Å². The zero-order valence-corrected chi connectivity index (χ0v) is 16.0. The molecular formula is C21H20N4O4. The highest BCUT2D eigenvalue weighted by molar-refractivity contribution is 6.09. The van der Waals surface area contributed by atoms with Gasteiger partial charge in [0, 0.05) is 12.8 Å². The molecule has 0 amide bonds. The van der Waals surface area contributed by atoms with E-state index in [1.807, 2.05) is 24.3 Å². The summed E-state index contributed by atoms with van der Waals surface area (Å²) in [5.41, 5.74) is 9.26. The lowest BCUT2D eigenvalue weighted by Gasteiger charge is -2.12. The van der Waals surface area contributed by atoms with Crippen LogP contribution in [0, 0.1) is 0 Å². The first-order chi connectivity index (χ1) is 14.0. The molecule has 29 heavy (non-hydrogen) atoms. The number of nitrogens with two attached hydrogens (primary N) is 1. The number of nitrogen functional groups attached to an aromatic ring is 1. The van der Waals surface area contributed by atoms with Crippen LogP contribution in [0.2, 0.25) is 0 Å². The lowest BCUT2D eigenvalue weighted by atomic mass is 10.2. The fourth-order valence-corrected chi connectivity index (χ4v) is 3.24. The third kappa shape index (κ3) is 3.34. The molecule has 8 nitrogen and oxygen atoms in total. The van der Waals surface area contributed by atoms with Crippen molar-refractivity contribution in [1.29, 1.82) is 0 Å². The first-order valence-electron chi connectivity index (χ1n) is 9.05. The van der Waals surface area contributed by atoms with Gasteiger partial charge in [0.2, 0.25) is 0 Å². The van der Waals surface area contributed by atoms with Gasteiger partial charge in [-0.25, -0.2) is 14.8 Å². The zero-order valence-electron chi connectivity index (χ0n) is 16.0.